The lowest BCUT2D eigenvalue weighted by atomic mass is 9.86. The summed E-state index contributed by atoms with van der Waals surface area (Å²) in [6.07, 6.45) is 3.07. The van der Waals surface area contributed by atoms with Gasteiger partial charge in [0.15, 0.2) is 0 Å². The van der Waals surface area contributed by atoms with E-state index in [4.69, 9.17) is 16.3 Å². The Bertz CT molecular complexity index is 383. The molecular weight excluding hydrogens is 212 g/mol. The molecule has 0 spiro atoms. The molecule has 1 aromatic carbocycles. The van der Waals surface area contributed by atoms with E-state index in [0.717, 1.165) is 24.8 Å². The predicted molar refractivity (Wildman–Crippen MR) is 59.2 cm³/mol. The van der Waals surface area contributed by atoms with Crippen LogP contribution in [0.3, 0.4) is 0 Å². The van der Waals surface area contributed by atoms with E-state index in [-0.39, 0.29) is 11.9 Å². The minimum absolute atomic E-state index is 0.105. The number of hydrogen-bond acceptors (Lipinski definition) is 2. The van der Waals surface area contributed by atoms with Gasteiger partial charge in [0.25, 0.3) is 0 Å². The zero-order valence-electron chi connectivity index (χ0n) is 8.63. The van der Waals surface area contributed by atoms with Crippen LogP contribution < -0.4 is 4.74 Å². The summed E-state index contributed by atoms with van der Waals surface area (Å²) in [5.74, 6) is 0.628. The quantitative estimate of drug-likeness (QED) is 0.569. The van der Waals surface area contributed by atoms with Gasteiger partial charge < -0.3 is 4.74 Å². The van der Waals surface area contributed by atoms with Crippen LogP contribution in [0, 0.1) is 12.8 Å². The average Bonchev–Trinajstić information content (AvgIpc) is 2.07. The van der Waals surface area contributed by atoms with E-state index in [1.807, 2.05) is 6.92 Å². The second-order valence-corrected chi connectivity index (χ2v) is 4.40. The molecule has 1 aliphatic rings. The van der Waals surface area contributed by atoms with E-state index >= 15 is 0 Å². The zero-order valence-corrected chi connectivity index (χ0v) is 9.38. The molecule has 0 bridgehead atoms. The summed E-state index contributed by atoms with van der Waals surface area (Å²) in [5.41, 5.74) is 0.898. The lowest BCUT2D eigenvalue weighted by molar-refractivity contribution is -0.141. The van der Waals surface area contributed by atoms with Crippen LogP contribution in [0.1, 0.15) is 24.8 Å². The van der Waals surface area contributed by atoms with Crippen LogP contribution in [0.2, 0.25) is 5.02 Å². The van der Waals surface area contributed by atoms with Crippen molar-refractivity contribution in [3.05, 3.63) is 28.8 Å². The van der Waals surface area contributed by atoms with Crippen molar-refractivity contribution in [2.45, 2.75) is 26.2 Å². The molecule has 1 aliphatic carbocycles. The number of halogens is 1. The number of esters is 1. The van der Waals surface area contributed by atoms with Gasteiger partial charge in [-0.1, -0.05) is 18.0 Å². The van der Waals surface area contributed by atoms with Crippen LogP contribution in [0.4, 0.5) is 0 Å². The Morgan fingerprint density at radius 1 is 1.47 bits per heavy atom. The third-order valence-corrected chi connectivity index (χ3v) is 3.02. The van der Waals surface area contributed by atoms with E-state index in [1.165, 1.54) is 0 Å². The molecule has 0 atom stereocenters. The number of rotatable bonds is 2. The van der Waals surface area contributed by atoms with Gasteiger partial charge in [0.1, 0.15) is 5.75 Å². The summed E-state index contributed by atoms with van der Waals surface area (Å²) >= 11 is 5.81. The summed E-state index contributed by atoms with van der Waals surface area (Å²) < 4.78 is 5.31. The molecule has 0 N–H and O–H groups in total. The Balaban J connectivity index is 2.06. The maximum absolute atomic E-state index is 11.6. The van der Waals surface area contributed by atoms with Crippen molar-refractivity contribution in [3.8, 4) is 5.75 Å². The van der Waals surface area contributed by atoms with Crippen molar-refractivity contribution >= 4 is 17.6 Å². The van der Waals surface area contributed by atoms with E-state index in [2.05, 4.69) is 0 Å². The van der Waals surface area contributed by atoms with Gasteiger partial charge in [-0.15, -0.1) is 0 Å². The highest BCUT2D eigenvalue weighted by molar-refractivity contribution is 6.30. The molecule has 2 rings (SSSR count). The van der Waals surface area contributed by atoms with Crippen molar-refractivity contribution in [2.75, 3.05) is 0 Å². The molecule has 1 aromatic rings. The standard InChI is InChI=1S/C12H13ClO2/c1-8-7-10(13)5-6-11(8)15-12(14)9-3-2-4-9/h5-7,9H,2-4H2,1H3. The summed E-state index contributed by atoms with van der Waals surface area (Å²) in [6.45, 7) is 1.88. The molecule has 80 valence electrons. The first-order chi connectivity index (χ1) is 7.16. The second-order valence-electron chi connectivity index (χ2n) is 3.96. The van der Waals surface area contributed by atoms with Gasteiger partial charge in [-0.2, -0.15) is 0 Å². The average molecular weight is 225 g/mol. The summed E-state index contributed by atoms with van der Waals surface area (Å²) in [5, 5.41) is 0.663. The van der Waals surface area contributed by atoms with Crippen molar-refractivity contribution in [2.24, 2.45) is 5.92 Å². The molecule has 15 heavy (non-hydrogen) atoms. The number of benzene rings is 1. The molecule has 0 unspecified atom stereocenters. The Labute approximate surface area is 94.2 Å². The van der Waals surface area contributed by atoms with Gasteiger partial charge >= 0.3 is 5.97 Å². The van der Waals surface area contributed by atoms with Crippen LogP contribution in [0.25, 0.3) is 0 Å². The first-order valence-corrected chi connectivity index (χ1v) is 5.52. The topological polar surface area (TPSA) is 26.3 Å². The van der Waals surface area contributed by atoms with Crippen molar-refractivity contribution < 1.29 is 9.53 Å². The zero-order chi connectivity index (χ0) is 10.8. The van der Waals surface area contributed by atoms with E-state index < -0.39 is 0 Å². The van der Waals surface area contributed by atoms with E-state index in [0.29, 0.717) is 10.8 Å². The summed E-state index contributed by atoms with van der Waals surface area (Å²) in [7, 11) is 0. The van der Waals surface area contributed by atoms with Gasteiger partial charge in [0.05, 0.1) is 5.92 Å². The number of ether oxygens (including phenoxy) is 1. The fourth-order valence-electron chi connectivity index (χ4n) is 1.56. The highest BCUT2D eigenvalue weighted by Crippen LogP contribution is 2.29. The van der Waals surface area contributed by atoms with Gasteiger partial charge in [-0.25, -0.2) is 0 Å². The molecule has 2 nitrogen and oxygen atoms in total. The Morgan fingerprint density at radius 2 is 2.20 bits per heavy atom. The van der Waals surface area contributed by atoms with Crippen molar-refractivity contribution in [1.29, 1.82) is 0 Å². The Hall–Kier alpha value is -1.02. The SMILES string of the molecule is Cc1cc(Cl)ccc1OC(=O)C1CCC1. The van der Waals surface area contributed by atoms with Gasteiger partial charge in [0.2, 0.25) is 0 Å². The highest BCUT2D eigenvalue weighted by atomic mass is 35.5. The minimum Gasteiger partial charge on any atom is -0.426 e. The van der Waals surface area contributed by atoms with Crippen LogP contribution >= 0.6 is 11.6 Å². The van der Waals surface area contributed by atoms with Gasteiger partial charge in [0, 0.05) is 5.02 Å². The smallest absolute Gasteiger partial charge is 0.314 e. The first kappa shape index (κ1) is 10.5. The minimum atomic E-state index is -0.105. The molecule has 0 heterocycles. The molecule has 0 aliphatic heterocycles. The molecule has 0 aromatic heterocycles. The number of carbonyl (C=O) groups is 1. The summed E-state index contributed by atoms with van der Waals surface area (Å²) in [6, 6.07) is 5.27. The normalized spacial score (nSPS) is 15.9. The first-order valence-electron chi connectivity index (χ1n) is 5.14. The largest absolute Gasteiger partial charge is 0.426 e. The van der Waals surface area contributed by atoms with E-state index in [9.17, 15) is 4.79 Å². The van der Waals surface area contributed by atoms with Crippen LogP contribution in [0.5, 0.6) is 5.75 Å². The number of carbonyl (C=O) groups excluding carboxylic acids is 1. The fourth-order valence-corrected chi connectivity index (χ4v) is 1.79. The lowest BCUT2D eigenvalue weighted by Crippen LogP contribution is -2.26. The van der Waals surface area contributed by atoms with E-state index in [1.54, 1.807) is 18.2 Å². The molecule has 0 saturated heterocycles. The van der Waals surface area contributed by atoms with Crippen LogP contribution in [-0.4, -0.2) is 5.97 Å². The molecule has 0 amide bonds. The molecule has 0 radical (unpaired) electrons. The molecular formula is C12H13ClO2. The van der Waals surface area contributed by atoms with Crippen LogP contribution in [-0.2, 0) is 4.79 Å². The Kier molecular flexibility index (Phi) is 2.96. The molecule has 1 fully saturated rings. The molecule has 1 saturated carbocycles. The monoisotopic (exact) mass is 224 g/mol. The third kappa shape index (κ3) is 2.32. The summed E-state index contributed by atoms with van der Waals surface area (Å²) in [4.78, 5) is 11.6. The van der Waals surface area contributed by atoms with Gasteiger partial charge in [-0.3, -0.25) is 4.79 Å². The fraction of sp³-hybridized carbons (Fsp3) is 0.417. The van der Waals surface area contributed by atoms with Crippen molar-refractivity contribution in [1.82, 2.24) is 0 Å². The predicted octanol–water partition coefficient (Wildman–Crippen LogP) is 3.35. The third-order valence-electron chi connectivity index (χ3n) is 2.79. The number of hydrogen-bond donors (Lipinski definition) is 0. The Morgan fingerprint density at radius 3 is 2.73 bits per heavy atom. The lowest BCUT2D eigenvalue weighted by Gasteiger charge is -2.23. The van der Waals surface area contributed by atoms with Gasteiger partial charge in [-0.05, 0) is 43.5 Å². The maximum atomic E-state index is 11.6. The maximum Gasteiger partial charge on any atom is 0.314 e. The second kappa shape index (κ2) is 4.23. The van der Waals surface area contributed by atoms with Crippen molar-refractivity contribution in [3.63, 3.8) is 0 Å². The number of aryl methyl sites for hydroxylation is 1. The highest BCUT2D eigenvalue weighted by Gasteiger charge is 2.27. The van der Waals surface area contributed by atoms with Crippen LogP contribution in [0.15, 0.2) is 18.2 Å². The molecule has 3 heteroatoms.